The number of likely N-dealkylation sites (N-methyl/N-ethyl adjacent to an activating group) is 1. The average molecular weight is 423 g/mol. The molecule has 1 aromatic heterocycles. The molecule has 0 spiro atoms. The van der Waals surface area contributed by atoms with E-state index in [1.807, 2.05) is 6.07 Å². The highest BCUT2D eigenvalue weighted by Gasteiger charge is 2.35. The van der Waals surface area contributed by atoms with Crippen LogP contribution in [-0.4, -0.2) is 54.6 Å². The number of nitriles is 1. The van der Waals surface area contributed by atoms with Crippen molar-refractivity contribution in [1.29, 1.82) is 5.26 Å². The fourth-order valence-corrected chi connectivity index (χ4v) is 2.79. The Bertz CT molecular complexity index is 973. The van der Waals surface area contributed by atoms with Gasteiger partial charge in [0, 0.05) is 12.2 Å². The lowest BCUT2D eigenvalue weighted by Crippen LogP contribution is -2.49. The van der Waals surface area contributed by atoms with Crippen molar-refractivity contribution in [2.24, 2.45) is 5.73 Å². The average Bonchev–Trinajstić information content (AvgIpc) is 2.66. The second kappa shape index (κ2) is 8.83. The van der Waals surface area contributed by atoms with Crippen LogP contribution in [0.2, 0.25) is 0 Å². The molecule has 0 aliphatic heterocycles. The Balaban J connectivity index is 2.84. The van der Waals surface area contributed by atoms with E-state index in [4.69, 9.17) is 16.2 Å². The predicted molar refractivity (Wildman–Crippen MR) is 103 cm³/mol. The highest BCUT2D eigenvalue weighted by molar-refractivity contribution is 5.88. The molecule has 0 saturated heterocycles. The highest BCUT2D eigenvalue weighted by Crippen LogP contribution is 2.37. The summed E-state index contributed by atoms with van der Waals surface area (Å²) >= 11 is 0. The summed E-state index contributed by atoms with van der Waals surface area (Å²) in [5.74, 6) is -1.54. The van der Waals surface area contributed by atoms with Crippen molar-refractivity contribution in [2.45, 2.75) is 12.2 Å². The van der Waals surface area contributed by atoms with Gasteiger partial charge in [-0.1, -0.05) is 6.07 Å². The Morgan fingerprint density at radius 2 is 2.00 bits per heavy atom. The van der Waals surface area contributed by atoms with Crippen LogP contribution in [0.5, 0.6) is 5.88 Å². The lowest BCUT2D eigenvalue weighted by atomic mass is 10.1. The second-order valence-corrected chi connectivity index (χ2v) is 6.50. The van der Waals surface area contributed by atoms with Crippen LogP contribution in [0.3, 0.4) is 0 Å². The number of nitrogens with zero attached hydrogens (tertiary/aromatic N) is 5. The minimum atomic E-state index is -4.63. The number of hydrogen-bond donors (Lipinski definition) is 2. The predicted octanol–water partition coefficient (Wildman–Crippen LogP) is 1.51. The molecule has 12 heteroatoms. The third-order valence-corrected chi connectivity index (χ3v) is 4.04. The molecule has 1 amide bonds. The van der Waals surface area contributed by atoms with Crippen molar-refractivity contribution in [2.75, 3.05) is 38.4 Å². The molecule has 0 fully saturated rings. The molecule has 0 bridgehead atoms. The van der Waals surface area contributed by atoms with Crippen molar-refractivity contribution in [1.82, 2.24) is 14.9 Å². The largest absolute Gasteiger partial charge is 0.480 e. The molecule has 0 aliphatic carbocycles. The molecular formula is C18H20F3N7O2. The minimum absolute atomic E-state index is 0.0165. The van der Waals surface area contributed by atoms with Crippen molar-refractivity contribution >= 4 is 23.4 Å². The zero-order chi connectivity index (χ0) is 22.6. The first-order chi connectivity index (χ1) is 14.0. The summed E-state index contributed by atoms with van der Waals surface area (Å²) in [4.78, 5) is 22.9. The SMILES string of the molecule is COc1nc(N)nc(N(c2cccc(C(F)(F)F)c2)[C@@H](CN(C)C)C(N)=O)c1C#N. The van der Waals surface area contributed by atoms with Crippen molar-refractivity contribution in [3.63, 3.8) is 0 Å². The molecule has 160 valence electrons. The molecule has 1 aromatic carbocycles. The van der Waals surface area contributed by atoms with Gasteiger partial charge in [-0.05, 0) is 32.3 Å². The maximum Gasteiger partial charge on any atom is 0.416 e. The molecule has 0 unspecified atom stereocenters. The van der Waals surface area contributed by atoms with Crippen LogP contribution < -0.4 is 21.1 Å². The normalized spacial score (nSPS) is 12.3. The number of nitrogens with two attached hydrogens (primary N) is 2. The van der Waals surface area contributed by atoms with Crippen LogP contribution in [0.25, 0.3) is 0 Å². The fraction of sp³-hybridized carbons (Fsp3) is 0.333. The number of ether oxygens (including phenoxy) is 1. The third kappa shape index (κ3) is 4.87. The number of aromatic nitrogens is 2. The Labute approximate surface area is 170 Å². The lowest BCUT2D eigenvalue weighted by Gasteiger charge is -2.33. The summed E-state index contributed by atoms with van der Waals surface area (Å²) in [7, 11) is 4.55. The van der Waals surface area contributed by atoms with Gasteiger partial charge in [0.25, 0.3) is 0 Å². The van der Waals surface area contributed by atoms with Gasteiger partial charge in [-0.15, -0.1) is 0 Å². The summed E-state index contributed by atoms with van der Waals surface area (Å²) in [6, 6.07) is 4.89. The topological polar surface area (TPSA) is 134 Å². The van der Waals surface area contributed by atoms with Crippen LogP contribution in [-0.2, 0) is 11.0 Å². The summed E-state index contributed by atoms with van der Waals surface area (Å²) < 4.78 is 44.9. The van der Waals surface area contributed by atoms with Gasteiger partial charge in [0.1, 0.15) is 12.1 Å². The Morgan fingerprint density at radius 1 is 1.33 bits per heavy atom. The molecule has 0 saturated carbocycles. The summed E-state index contributed by atoms with van der Waals surface area (Å²) in [6.07, 6.45) is -4.63. The molecule has 2 rings (SSSR count). The van der Waals surface area contributed by atoms with E-state index < -0.39 is 23.7 Å². The van der Waals surface area contributed by atoms with E-state index in [9.17, 15) is 23.2 Å². The Hall–Kier alpha value is -3.59. The number of methoxy groups -OCH3 is 1. The molecular weight excluding hydrogens is 403 g/mol. The molecule has 30 heavy (non-hydrogen) atoms. The zero-order valence-corrected chi connectivity index (χ0v) is 16.4. The number of hydrogen-bond acceptors (Lipinski definition) is 8. The van der Waals surface area contributed by atoms with E-state index in [0.29, 0.717) is 0 Å². The summed E-state index contributed by atoms with van der Waals surface area (Å²) in [5.41, 5.74) is 10.0. The number of anilines is 3. The maximum atomic E-state index is 13.3. The maximum absolute atomic E-state index is 13.3. The first-order valence-corrected chi connectivity index (χ1v) is 8.51. The van der Waals surface area contributed by atoms with E-state index >= 15 is 0 Å². The number of carbonyl (C=O) groups is 1. The Kier molecular flexibility index (Phi) is 6.68. The number of nitrogen functional groups attached to an aromatic ring is 1. The van der Waals surface area contributed by atoms with E-state index in [2.05, 4.69) is 9.97 Å². The number of benzene rings is 1. The zero-order valence-electron chi connectivity index (χ0n) is 16.4. The number of amides is 1. The van der Waals surface area contributed by atoms with Gasteiger partial charge in [0.2, 0.25) is 17.7 Å². The Morgan fingerprint density at radius 3 is 2.50 bits per heavy atom. The molecule has 1 heterocycles. The first-order valence-electron chi connectivity index (χ1n) is 8.51. The van der Waals surface area contributed by atoms with E-state index in [1.54, 1.807) is 19.0 Å². The van der Waals surface area contributed by atoms with Gasteiger partial charge in [0.05, 0.1) is 12.7 Å². The molecule has 0 radical (unpaired) electrons. The standard InChI is InChI=1S/C18H20F3N7O2/c1-27(2)9-13(14(23)29)28(11-6-4-5-10(7-11)18(19,20)21)15-12(8-22)16(30-3)26-17(24)25-15/h4-7,13H,9H2,1-3H3,(H2,23,29)(H2,24,25,26)/t13-/m0/s1. The van der Waals surface area contributed by atoms with E-state index in [-0.39, 0.29) is 35.4 Å². The van der Waals surface area contributed by atoms with Gasteiger partial charge < -0.3 is 26.0 Å². The van der Waals surface area contributed by atoms with E-state index in [1.165, 1.54) is 19.2 Å². The van der Waals surface area contributed by atoms with Crippen LogP contribution >= 0.6 is 0 Å². The van der Waals surface area contributed by atoms with Crippen molar-refractivity contribution in [3.8, 4) is 11.9 Å². The van der Waals surface area contributed by atoms with Gasteiger partial charge in [-0.2, -0.15) is 28.4 Å². The van der Waals surface area contributed by atoms with Crippen LogP contribution in [0, 0.1) is 11.3 Å². The lowest BCUT2D eigenvalue weighted by molar-refractivity contribution is -0.137. The number of halogens is 3. The number of alkyl halides is 3. The third-order valence-electron chi connectivity index (χ3n) is 4.04. The van der Waals surface area contributed by atoms with E-state index in [0.717, 1.165) is 17.0 Å². The molecule has 4 N–H and O–H groups in total. The number of carbonyl (C=O) groups excluding carboxylic acids is 1. The van der Waals surface area contributed by atoms with Crippen molar-refractivity contribution in [3.05, 3.63) is 35.4 Å². The van der Waals surface area contributed by atoms with Crippen LogP contribution in [0.1, 0.15) is 11.1 Å². The van der Waals surface area contributed by atoms with Gasteiger partial charge >= 0.3 is 6.18 Å². The van der Waals surface area contributed by atoms with Crippen LogP contribution in [0.4, 0.5) is 30.6 Å². The molecule has 2 aromatic rings. The fourth-order valence-electron chi connectivity index (χ4n) is 2.79. The summed E-state index contributed by atoms with van der Waals surface area (Å²) in [5, 5.41) is 9.62. The second-order valence-electron chi connectivity index (χ2n) is 6.50. The van der Waals surface area contributed by atoms with Crippen molar-refractivity contribution < 1.29 is 22.7 Å². The van der Waals surface area contributed by atoms with Gasteiger partial charge in [-0.3, -0.25) is 4.79 Å². The van der Waals surface area contributed by atoms with Gasteiger partial charge in [-0.25, -0.2) is 0 Å². The number of rotatable bonds is 7. The minimum Gasteiger partial charge on any atom is -0.480 e. The first kappa shape index (κ1) is 22.7. The van der Waals surface area contributed by atoms with Crippen LogP contribution in [0.15, 0.2) is 24.3 Å². The highest BCUT2D eigenvalue weighted by atomic mass is 19.4. The molecule has 9 nitrogen and oxygen atoms in total. The van der Waals surface area contributed by atoms with Gasteiger partial charge in [0.15, 0.2) is 11.4 Å². The summed E-state index contributed by atoms with van der Waals surface area (Å²) in [6.45, 7) is 0.0165. The molecule has 1 atom stereocenters. The molecule has 0 aliphatic rings. The monoisotopic (exact) mass is 423 g/mol. The smallest absolute Gasteiger partial charge is 0.416 e. The quantitative estimate of drug-likeness (QED) is 0.684. The number of primary amides is 1.